The number of fused-ring (bicyclic) bond motifs is 1. The van der Waals surface area contributed by atoms with Crippen LogP contribution in [0.5, 0.6) is 0 Å². The van der Waals surface area contributed by atoms with E-state index in [9.17, 15) is 18.3 Å². The Kier molecular flexibility index (Phi) is 4.79. The predicted octanol–water partition coefficient (Wildman–Crippen LogP) is 6.14. The molecule has 0 radical (unpaired) electrons. The molecule has 1 N–H and O–H groups in total. The second kappa shape index (κ2) is 7.43. The number of hydrazone groups is 1. The van der Waals surface area contributed by atoms with Crippen LogP contribution in [0, 0.1) is 6.92 Å². The van der Waals surface area contributed by atoms with Gasteiger partial charge in [-0.2, -0.15) is 23.3 Å². The number of aliphatic hydroxyl groups is 1. The van der Waals surface area contributed by atoms with Crippen molar-refractivity contribution in [2.75, 3.05) is 5.01 Å². The quantitative estimate of drug-likeness (QED) is 0.406. The molecular formula is C24H18F3N3OS. The Morgan fingerprint density at radius 3 is 2.38 bits per heavy atom. The van der Waals surface area contributed by atoms with Gasteiger partial charge in [-0.3, -0.25) is 0 Å². The summed E-state index contributed by atoms with van der Waals surface area (Å²) in [4.78, 5) is 4.36. The Morgan fingerprint density at radius 2 is 1.66 bits per heavy atom. The Hall–Kier alpha value is -3.23. The number of alkyl halides is 3. The van der Waals surface area contributed by atoms with Gasteiger partial charge in [-0.15, -0.1) is 11.3 Å². The molecule has 5 rings (SSSR count). The summed E-state index contributed by atoms with van der Waals surface area (Å²) in [5.41, 5.74) is -0.0988. The third-order valence-electron chi connectivity index (χ3n) is 5.54. The van der Waals surface area contributed by atoms with Crippen molar-refractivity contribution in [2.24, 2.45) is 5.10 Å². The fraction of sp³-hybridized carbons (Fsp3) is 0.167. The maximum atomic E-state index is 14.0. The number of thiazole rings is 1. The van der Waals surface area contributed by atoms with Crippen LogP contribution in [0.15, 0.2) is 77.2 Å². The minimum Gasteiger partial charge on any atom is -0.362 e. The lowest BCUT2D eigenvalue weighted by Gasteiger charge is -2.32. The minimum atomic E-state index is -4.93. The molecule has 0 spiro atoms. The first-order valence-corrected chi connectivity index (χ1v) is 10.8. The van der Waals surface area contributed by atoms with Crippen LogP contribution in [0.4, 0.5) is 18.3 Å². The minimum absolute atomic E-state index is 0.0174. The predicted molar refractivity (Wildman–Crippen MR) is 121 cm³/mol. The third kappa shape index (κ3) is 3.45. The Labute approximate surface area is 186 Å². The summed E-state index contributed by atoms with van der Waals surface area (Å²) in [6, 6.07) is 20.5. The van der Waals surface area contributed by atoms with Gasteiger partial charge >= 0.3 is 6.18 Å². The van der Waals surface area contributed by atoms with Gasteiger partial charge in [0, 0.05) is 10.9 Å². The van der Waals surface area contributed by atoms with E-state index in [1.807, 2.05) is 61.5 Å². The monoisotopic (exact) mass is 453 g/mol. The summed E-state index contributed by atoms with van der Waals surface area (Å²) in [5, 5.41) is 19.1. The molecule has 0 unspecified atom stereocenters. The first-order chi connectivity index (χ1) is 15.2. The SMILES string of the molecule is Cc1ccc(-c2csc(N3N=C(c4ccc5ccccc5c4)C[C@]3(O)C(F)(F)F)n2)cc1. The fourth-order valence-electron chi connectivity index (χ4n) is 3.72. The number of hydrogen-bond donors (Lipinski definition) is 1. The van der Waals surface area contributed by atoms with Crippen LogP contribution in [-0.2, 0) is 0 Å². The molecule has 0 saturated carbocycles. The second-order valence-corrected chi connectivity index (χ2v) is 8.63. The van der Waals surface area contributed by atoms with Gasteiger partial charge in [0.15, 0.2) is 0 Å². The molecule has 32 heavy (non-hydrogen) atoms. The van der Waals surface area contributed by atoms with E-state index < -0.39 is 18.3 Å². The molecule has 1 aliphatic heterocycles. The number of aromatic nitrogens is 1. The average molecular weight is 453 g/mol. The summed E-state index contributed by atoms with van der Waals surface area (Å²) in [6.07, 6.45) is -5.61. The maximum absolute atomic E-state index is 14.0. The van der Waals surface area contributed by atoms with Gasteiger partial charge in [-0.25, -0.2) is 4.98 Å². The first-order valence-electron chi connectivity index (χ1n) is 9.93. The highest BCUT2D eigenvalue weighted by Gasteiger charge is 2.62. The molecule has 162 valence electrons. The van der Waals surface area contributed by atoms with E-state index in [-0.39, 0.29) is 10.8 Å². The standard InChI is InChI=1S/C24H18F3N3OS/c1-15-6-8-17(9-7-15)21-14-32-22(28-21)30-23(31,24(25,26)27)13-20(29-30)19-11-10-16-4-2-3-5-18(16)12-19/h2-12,14,31H,13H2,1H3/t23-/m0/s1. The summed E-state index contributed by atoms with van der Waals surface area (Å²) < 4.78 is 42.0. The molecule has 8 heteroatoms. The molecule has 3 aromatic carbocycles. The highest BCUT2D eigenvalue weighted by atomic mass is 32.1. The normalized spacial score (nSPS) is 18.9. The molecule has 2 heterocycles. The van der Waals surface area contributed by atoms with Gasteiger partial charge in [0.2, 0.25) is 5.13 Å². The van der Waals surface area contributed by atoms with Gasteiger partial charge < -0.3 is 5.11 Å². The van der Waals surface area contributed by atoms with Gasteiger partial charge in [0.1, 0.15) is 0 Å². The molecule has 4 nitrogen and oxygen atoms in total. The summed E-state index contributed by atoms with van der Waals surface area (Å²) in [7, 11) is 0. The van der Waals surface area contributed by atoms with Crippen LogP contribution in [0.1, 0.15) is 17.5 Å². The van der Waals surface area contributed by atoms with Crippen molar-refractivity contribution in [3.05, 3.63) is 83.2 Å². The zero-order valence-corrected chi connectivity index (χ0v) is 17.8. The zero-order chi connectivity index (χ0) is 22.5. The number of rotatable bonds is 3. The Morgan fingerprint density at radius 1 is 0.969 bits per heavy atom. The molecule has 1 atom stereocenters. The van der Waals surface area contributed by atoms with Crippen LogP contribution in [0.3, 0.4) is 0 Å². The lowest BCUT2D eigenvalue weighted by molar-refractivity contribution is -0.254. The largest absolute Gasteiger partial charge is 0.438 e. The molecule has 0 aliphatic carbocycles. The van der Waals surface area contributed by atoms with Crippen LogP contribution < -0.4 is 5.01 Å². The smallest absolute Gasteiger partial charge is 0.362 e. The van der Waals surface area contributed by atoms with Crippen molar-refractivity contribution in [1.29, 1.82) is 0 Å². The summed E-state index contributed by atoms with van der Waals surface area (Å²) in [5.74, 6) is 0. The van der Waals surface area contributed by atoms with Gasteiger partial charge in [0.05, 0.1) is 17.8 Å². The number of benzene rings is 3. The van der Waals surface area contributed by atoms with Crippen LogP contribution in [-0.4, -0.2) is 27.7 Å². The van der Waals surface area contributed by atoms with Crippen molar-refractivity contribution < 1.29 is 18.3 Å². The molecule has 0 saturated heterocycles. The number of halogens is 3. The molecular weight excluding hydrogens is 435 g/mol. The Bertz CT molecular complexity index is 1330. The Balaban J connectivity index is 1.56. The topological polar surface area (TPSA) is 48.7 Å². The van der Waals surface area contributed by atoms with E-state index in [0.717, 1.165) is 33.2 Å². The van der Waals surface area contributed by atoms with Crippen molar-refractivity contribution in [3.63, 3.8) is 0 Å². The number of hydrogen-bond acceptors (Lipinski definition) is 5. The van der Waals surface area contributed by atoms with E-state index in [1.165, 1.54) is 0 Å². The number of anilines is 1. The van der Waals surface area contributed by atoms with Crippen LogP contribution >= 0.6 is 11.3 Å². The van der Waals surface area contributed by atoms with Crippen molar-refractivity contribution in [2.45, 2.75) is 25.2 Å². The maximum Gasteiger partial charge on any atom is 0.438 e. The summed E-state index contributed by atoms with van der Waals surface area (Å²) >= 11 is 1.01. The van der Waals surface area contributed by atoms with Gasteiger partial charge in [-0.1, -0.05) is 66.2 Å². The summed E-state index contributed by atoms with van der Waals surface area (Å²) in [6.45, 7) is 1.95. The van der Waals surface area contributed by atoms with Gasteiger partial charge in [0.25, 0.3) is 5.72 Å². The molecule has 0 amide bonds. The van der Waals surface area contributed by atoms with E-state index in [4.69, 9.17) is 0 Å². The molecule has 0 bridgehead atoms. The third-order valence-corrected chi connectivity index (χ3v) is 6.36. The van der Waals surface area contributed by atoms with Crippen LogP contribution in [0.2, 0.25) is 0 Å². The lowest BCUT2D eigenvalue weighted by Crippen LogP contribution is -2.55. The zero-order valence-electron chi connectivity index (χ0n) is 17.0. The second-order valence-electron chi connectivity index (χ2n) is 7.79. The molecule has 0 fully saturated rings. The lowest BCUT2D eigenvalue weighted by atomic mass is 9.98. The molecule has 4 aromatic rings. The van der Waals surface area contributed by atoms with E-state index in [2.05, 4.69) is 10.1 Å². The fourth-order valence-corrected chi connectivity index (χ4v) is 4.56. The van der Waals surface area contributed by atoms with Crippen molar-refractivity contribution in [3.8, 4) is 11.3 Å². The first kappa shape index (κ1) is 20.7. The van der Waals surface area contributed by atoms with E-state index >= 15 is 0 Å². The molecule has 1 aromatic heterocycles. The highest BCUT2D eigenvalue weighted by molar-refractivity contribution is 7.14. The van der Waals surface area contributed by atoms with E-state index in [1.54, 1.807) is 17.5 Å². The van der Waals surface area contributed by atoms with Crippen molar-refractivity contribution in [1.82, 2.24) is 4.98 Å². The number of aryl methyl sites for hydroxylation is 1. The highest BCUT2D eigenvalue weighted by Crippen LogP contribution is 2.45. The van der Waals surface area contributed by atoms with Crippen molar-refractivity contribution >= 4 is 33.0 Å². The van der Waals surface area contributed by atoms with Gasteiger partial charge in [-0.05, 0) is 29.3 Å². The molecule has 1 aliphatic rings. The van der Waals surface area contributed by atoms with Crippen LogP contribution in [0.25, 0.3) is 22.0 Å². The average Bonchev–Trinajstić information content (AvgIpc) is 3.39. The van der Waals surface area contributed by atoms with E-state index in [0.29, 0.717) is 16.3 Å². The number of nitrogens with zero attached hydrogens (tertiary/aromatic N) is 3.